The molecular weight excluding hydrogens is 228 g/mol. The first kappa shape index (κ1) is 12.3. The van der Waals surface area contributed by atoms with E-state index in [4.69, 9.17) is 39.9 Å². The van der Waals surface area contributed by atoms with Crippen LogP contribution < -0.4 is 5.32 Å². The van der Waals surface area contributed by atoms with E-state index in [-0.39, 0.29) is 6.61 Å². The number of hydrogen-bond acceptors (Lipinski definition) is 3. The highest BCUT2D eigenvalue weighted by molar-refractivity contribution is 6.68. The Balaban J connectivity index is 3.84. The second-order valence-electron chi connectivity index (χ2n) is 1.94. The molecule has 0 fully saturated rings. The average molecular weight is 236 g/mol. The summed E-state index contributed by atoms with van der Waals surface area (Å²) in [6.07, 6.45) is -1.54. The van der Waals surface area contributed by atoms with Crippen LogP contribution in [-0.4, -0.2) is 34.8 Å². The van der Waals surface area contributed by atoms with Gasteiger partial charge in [0.1, 0.15) is 6.61 Å². The highest BCUT2D eigenvalue weighted by atomic mass is 35.6. The van der Waals surface area contributed by atoms with Gasteiger partial charge in [-0.1, -0.05) is 34.8 Å². The van der Waals surface area contributed by atoms with Crippen LogP contribution in [0.4, 0.5) is 0 Å². The number of carbonyl (C=O) groups excluding carboxylic acids is 1. The Morgan fingerprint density at radius 2 is 2.17 bits per heavy atom. The van der Waals surface area contributed by atoms with Crippen LogP contribution in [0.15, 0.2) is 0 Å². The molecule has 72 valence electrons. The fourth-order valence-electron chi connectivity index (χ4n) is 0.407. The topological polar surface area (TPSA) is 58.6 Å². The normalized spacial score (nSPS) is 14.1. The van der Waals surface area contributed by atoms with Crippen LogP contribution in [-0.2, 0) is 9.53 Å². The highest BCUT2D eigenvalue weighted by Gasteiger charge is 2.31. The van der Waals surface area contributed by atoms with Gasteiger partial charge in [-0.2, -0.15) is 0 Å². The summed E-state index contributed by atoms with van der Waals surface area (Å²) >= 11 is 15.8. The van der Waals surface area contributed by atoms with Crippen molar-refractivity contribution in [3.63, 3.8) is 0 Å². The van der Waals surface area contributed by atoms with Crippen molar-refractivity contribution in [2.75, 3.05) is 13.7 Å². The summed E-state index contributed by atoms with van der Waals surface area (Å²) in [4.78, 5) is 10.7. The van der Waals surface area contributed by atoms with E-state index in [2.05, 4.69) is 4.74 Å². The number of hydrogen-bond donors (Lipinski definition) is 2. The Hall–Kier alpha value is 0.260. The molecule has 0 aliphatic carbocycles. The number of rotatable bonds is 3. The molecule has 4 nitrogen and oxygen atoms in total. The summed E-state index contributed by atoms with van der Waals surface area (Å²) in [5, 5.41) is 11.0. The third-order valence-electron chi connectivity index (χ3n) is 0.883. The molecule has 0 spiro atoms. The van der Waals surface area contributed by atoms with Crippen molar-refractivity contribution in [2.24, 2.45) is 0 Å². The van der Waals surface area contributed by atoms with Gasteiger partial charge in [0, 0.05) is 7.11 Å². The lowest BCUT2D eigenvalue weighted by Crippen LogP contribution is -2.44. The van der Waals surface area contributed by atoms with Crippen molar-refractivity contribution in [3.8, 4) is 0 Å². The van der Waals surface area contributed by atoms with Crippen LogP contribution in [0, 0.1) is 0 Å². The zero-order valence-electron chi connectivity index (χ0n) is 6.18. The third-order valence-corrected chi connectivity index (χ3v) is 1.50. The standard InChI is InChI=1S/C5H8Cl3NO3/c1-12-2-3(10)9-4(11)5(6,7)8/h4,11H,2H2,1H3,(H,9,10). The van der Waals surface area contributed by atoms with Crippen LogP contribution >= 0.6 is 34.8 Å². The van der Waals surface area contributed by atoms with Crippen LogP contribution in [0.25, 0.3) is 0 Å². The largest absolute Gasteiger partial charge is 0.375 e. The smallest absolute Gasteiger partial charge is 0.248 e. The fraction of sp³-hybridized carbons (Fsp3) is 0.800. The highest BCUT2D eigenvalue weighted by Crippen LogP contribution is 2.28. The van der Waals surface area contributed by atoms with E-state index in [1.54, 1.807) is 0 Å². The molecule has 0 aromatic rings. The predicted molar refractivity (Wildman–Crippen MR) is 46.3 cm³/mol. The summed E-state index contributed by atoms with van der Waals surface area (Å²) < 4.78 is 2.54. The number of aliphatic hydroxyl groups is 1. The maximum absolute atomic E-state index is 10.7. The summed E-state index contributed by atoms with van der Waals surface area (Å²) in [6.45, 7) is -0.197. The van der Waals surface area contributed by atoms with Crippen molar-refractivity contribution in [2.45, 2.75) is 10.0 Å². The quantitative estimate of drug-likeness (QED) is 0.552. The summed E-state index contributed by atoms with van der Waals surface area (Å²) in [6, 6.07) is 0. The molecule has 0 heterocycles. The van der Waals surface area contributed by atoms with Gasteiger partial charge in [-0.3, -0.25) is 4.79 Å². The van der Waals surface area contributed by atoms with Gasteiger partial charge in [0.2, 0.25) is 9.70 Å². The van der Waals surface area contributed by atoms with Gasteiger partial charge in [-0.25, -0.2) is 0 Å². The number of nitrogens with one attached hydrogen (secondary N) is 1. The number of carbonyl (C=O) groups is 1. The van der Waals surface area contributed by atoms with Crippen molar-refractivity contribution in [3.05, 3.63) is 0 Å². The third kappa shape index (κ3) is 5.00. The van der Waals surface area contributed by atoms with Crippen LogP contribution in [0.3, 0.4) is 0 Å². The van der Waals surface area contributed by atoms with Crippen LogP contribution in [0.1, 0.15) is 0 Å². The number of aliphatic hydroxyl groups excluding tert-OH is 1. The van der Waals surface area contributed by atoms with E-state index in [0.29, 0.717) is 0 Å². The maximum atomic E-state index is 10.7. The van der Waals surface area contributed by atoms with Crippen molar-refractivity contribution in [1.29, 1.82) is 0 Å². The monoisotopic (exact) mass is 235 g/mol. The van der Waals surface area contributed by atoms with E-state index in [0.717, 1.165) is 0 Å². The van der Waals surface area contributed by atoms with Crippen LogP contribution in [0.2, 0.25) is 0 Å². The van der Waals surface area contributed by atoms with Crippen LogP contribution in [0.5, 0.6) is 0 Å². The molecular formula is C5H8Cl3NO3. The van der Waals surface area contributed by atoms with Gasteiger partial charge >= 0.3 is 0 Å². The minimum absolute atomic E-state index is 0.197. The average Bonchev–Trinajstić information content (AvgIpc) is 1.85. The number of methoxy groups -OCH3 is 1. The van der Waals surface area contributed by atoms with Gasteiger partial charge in [0.15, 0.2) is 6.23 Å². The van der Waals surface area contributed by atoms with Gasteiger partial charge in [-0.15, -0.1) is 0 Å². The SMILES string of the molecule is COCC(=O)NC(O)C(Cl)(Cl)Cl. The number of alkyl halides is 3. The Morgan fingerprint density at radius 3 is 2.50 bits per heavy atom. The maximum Gasteiger partial charge on any atom is 0.248 e. The lowest BCUT2D eigenvalue weighted by Gasteiger charge is -2.19. The molecule has 12 heavy (non-hydrogen) atoms. The van der Waals surface area contributed by atoms with Crippen molar-refractivity contribution < 1.29 is 14.6 Å². The molecule has 0 saturated carbocycles. The Bertz CT molecular complexity index is 159. The number of halogens is 3. The Kier molecular flexibility index (Phi) is 5.20. The Morgan fingerprint density at radius 1 is 1.67 bits per heavy atom. The van der Waals surface area contributed by atoms with Crippen molar-refractivity contribution >= 4 is 40.7 Å². The lowest BCUT2D eigenvalue weighted by molar-refractivity contribution is -0.127. The number of amides is 1. The molecule has 0 bridgehead atoms. The minimum Gasteiger partial charge on any atom is -0.375 e. The Labute approximate surface area is 84.7 Å². The first-order valence-corrected chi connectivity index (χ1v) is 4.04. The predicted octanol–water partition coefficient (Wildman–Crippen LogP) is 0.438. The molecule has 1 atom stereocenters. The van der Waals surface area contributed by atoms with E-state index >= 15 is 0 Å². The molecule has 2 N–H and O–H groups in total. The molecule has 0 aliphatic rings. The molecule has 0 saturated heterocycles. The van der Waals surface area contributed by atoms with Crippen molar-refractivity contribution in [1.82, 2.24) is 5.32 Å². The number of ether oxygens (including phenoxy) is 1. The lowest BCUT2D eigenvalue weighted by atomic mass is 10.5. The van der Waals surface area contributed by atoms with Gasteiger partial charge in [0.25, 0.3) is 0 Å². The second kappa shape index (κ2) is 5.09. The van der Waals surface area contributed by atoms with E-state index < -0.39 is 15.9 Å². The zero-order valence-corrected chi connectivity index (χ0v) is 8.45. The zero-order chi connectivity index (χ0) is 9.78. The van der Waals surface area contributed by atoms with Gasteiger partial charge in [0.05, 0.1) is 0 Å². The summed E-state index contributed by atoms with van der Waals surface area (Å²) in [5.41, 5.74) is 0. The first-order chi connectivity index (χ1) is 5.38. The van der Waals surface area contributed by atoms with Gasteiger partial charge in [-0.05, 0) is 0 Å². The summed E-state index contributed by atoms with van der Waals surface area (Å²) in [5.74, 6) is -0.559. The van der Waals surface area contributed by atoms with E-state index in [1.807, 2.05) is 5.32 Å². The van der Waals surface area contributed by atoms with Gasteiger partial charge < -0.3 is 15.2 Å². The van der Waals surface area contributed by atoms with E-state index in [9.17, 15) is 4.79 Å². The second-order valence-corrected chi connectivity index (χ2v) is 4.31. The molecule has 0 rings (SSSR count). The molecule has 0 radical (unpaired) electrons. The molecule has 0 aromatic heterocycles. The molecule has 0 aliphatic heterocycles. The minimum atomic E-state index is -1.93. The molecule has 1 amide bonds. The van der Waals surface area contributed by atoms with E-state index in [1.165, 1.54) is 7.11 Å². The summed E-state index contributed by atoms with van der Waals surface area (Å²) in [7, 11) is 1.33. The molecule has 0 aromatic carbocycles. The molecule has 1 unspecified atom stereocenters. The first-order valence-electron chi connectivity index (χ1n) is 2.91. The molecule has 7 heteroatoms. The fourth-order valence-corrected chi connectivity index (χ4v) is 0.571.